The molecule has 0 aliphatic carbocycles. The molecule has 0 bridgehead atoms. The molecule has 214 valence electrons. The fourth-order valence-electron chi connectivity index (χ4n) is 4.10. The Morgan fingerprint density at radius 3 is 2.26 bits per heavy atom. The van der Waals surface area contributed by atoms with Crippen molar-refractivity contribution in [1.29, 1.82) is 0 Å². The molecule has 0 fully saturated rings. The number of Topliss-reactive ketones (excluding diaryl/α,β-unsaturated/α-hetero) is 1. The van der Waals surface area contributed by atoms with Gasteiger partial charge in [-0.05, 0) is 55.5 Å². The van der Waals surface area contributed by atoms with E-state index in [-0.39, 0.29) is 22.8 Å². The number of halogens is 3. The summed E-state index contributed by atoms with van der Waals surface area (Å²) in [7, 11) is 3.00. The predicted octanol–water partition coefficient (Wildman–Crippen LogP) is 5.77. The summed E-state index contributed by atoms with van der Waals surface area (Å²) < 4.78 is 58.5. The Kier molecular flexibility index (Phi) is 7.49. The van der Waals surface area contributed by atoms with Gasteiger partial charge in [-0.3, -0.25) is 9.59 Å². The maximum atomic E-state index is 13.5. The minimum Gasteiger partial charge on any atom is -0.493 e. The number of methoxy groups -OCH3 is 2. The van der Waals surface area contributed by atoms with Crippen molar-refractivity contribution in [2.75, 3.05) is 19.5 Å². The fourth-order valence-corrected chi connectivity index (χ4v) is 4.10. The molecule has 1 N–H and O–H groups in total. The number of amides is 1. The lowest BCUT2D eigenvalue weighted by molar-refractivity contribution is -0.137. The van der Waals surface area contributed by atoms with E-state index in [1.54, 1.807) is 19.1 Å². The van der Waals surface area contributed by atoms with Crippen LogP contribution in [0.25, 0.3) is 16.6 Å². The number of aromatic nitrogens is 4. The summed E-state index contributed by atoms with van der Waals surface area (Å²) in [5.74, 6) is -0.619. The van der Waals surface area contributed by atoms with Crippen LogP contribution in [0.3, 0.4) is 0 Å². The number of hydrogen-bond donors (Lipinski definition) is 1. The monoisotopic (exact) mass is 577 g/mol. The zero-order valence-electron chi connectivity index (χ0n) is 22.4. The normalized spacial score (nSPS) is 11.3. The number of rotatable bonds is 8. The van der Waals surface area contributed by atoms with Gasteiger partial charge in [0.25, 0.3) is 11.7 Å². The van der Waals surface area contributed by atoms with Crippen molar-refractivity contribution in [2.45, 2.75) is 13.1 Å². The first-order chi connectivity index (χ1) is 20.0. The number of nitrogens with zero attached hydrogens (tertiary/aromatic N) is 4. The Morgan fingerprint density at radius 1 is 0.905 bits per heavy atom. The average Bonchev–Trinajstić information content (AvgIpc) is 3.42. The Morgan fingerprint density at radius 2 is 1.62 bits per heavy atom. The molecule has 42 heavy (non-hydrogen) atoms. The van der Waals surface area contributed by atoms with Crippen molar-refractivity contribution in [3.8, 4) is 28.8 Å². The Balaban J connectivity index is 1.35. The van der Waals surface area contributed by atoms with Gasteiger partial charge in [-0.2, -0.15) is 13.2 Å². The van der Waals surface area contributed by atoms with Crippen LogP contribution >= 0.6 is 0 Å². The van der Waals surface area contributed by atoms with Gasteiger partial charge in [0.15, 0.2) is 11.5 Å². The highest BCUT2D eigenvalue weighted by Crippen LogP contribution is 2.36. The van der Waals surface area contributed by atoms with E-state index >= 15 is 0 Å². The largest absolute Gasteiger partial charge is 0.493 e. The molecule has 0 aliphatic rings. The first kappa shape index (κ1) is 28.1. The molecule has 2 aromatic heterocycles. The summed E-state index contributed by atoms with van der Waals surface area (Å²) in [6.07, 6.45) is -0.480. The lowest BCUT2D eigenvalue weighted by Gasteiger charge is -2.13. The number of fused-ring (bicyclic) bond motifs is 1. The molecule has 13 heteroatoms. The van der Waals surface area contributed by atoms with Crippen molar-refractivity contribution in [3.05, 3.63) is 90.3 Å². The molecule has 1 amide bonds. The quantitative estimate of drug-likeness (QED) is 0.182. The molecule has 0 saturated carbocycles. The van der Waals surface area contributed by atoms with E-state index in [9.17, 15) is 22.8 Å². The van der Waals surface area contributed by atoms with Crippen LogP contribution in [0.4, 0.5) is 18.9 Å². The highest BCUT2D eigenvalue weighted by atomic mass is 19.4. The zero-order chi connectivity index (χ0) is 30.0. The van der Waals surface area contributed by atoms with Gasteiger partial charge in [-0.1, -0.05) is 0 Å². The molecular weight excluding hydrogens is 555 g/mol. The third kappa shape index (κ3) is 5.84. The minimum atomic E-state index is -4.68. The van der Waals surface area contributed by atoms with E-state index in [1.807, 2.05) is 0 Å². The van der Waals surface area contributed by atoms with Crippen LogP contribution in [-0.4, -0.2) is 45.4 Å². The first-order valence-corrected chi connectivity index (χ1v) is 12.3. The molecule has 0 saturated heterocycles. The number of ether oxygens (including phenoxy) is 3. The van der Waals surface area contributed by atoms with Crippen LogP contribution in [0.2, 0.25) is 0 Å². The number of hydrogen-bond acceptors (Lipinski definition) is 8. The minimum absolute atomic E-state index is 0.00349. The SMILES string of the molecule is COc1cc2ncnc(Oc3ccc(C(=O)C(=O)Nc4cc(-n5cnc(C)c5)cc(C(F)(F)F)c4)cc3)c2cc1OC. The molecule has 0 radical (unpaired) electrons. The first-order valence-electron chi connectivity index (χ1n) is 12.3. The van der Waals surface area contributed by atoms with Gasteiger partial charge in [0.05, 0.1) is 42.7 Å². The van der Waals surface area contributed by atoms with Gasteiger partial charge >= 0.3 is 6.18 Å². The van der Waals surface area contributed by atoms with Gasteiger partial charge in [-0.25, -0.2) is 15.0 Å². The Labute approximate surface area is 236 Å². The van der Waals surface area contributed by atoms with Gasteiger partial charge in [0.1, 0.15) is 12.1 Å². The number of anilines is 1. The smallest absolute Gasteiger partial charge is 0.416 e. The number of aryl methyl sites for hydroxylation is 1. The van der Waals surface area contributed by atoms with E-state index in [0.29, 0.717) is 33.8 Å². The molecule has 10 nitrogen and oxygen atoms in total. The van der Waals surface area contributed by atoms with E-state index in [2.05, 4.69) is 20.3 Å². The van der Waals surface area contributed by atoms with Crippen LogP contribution in [0.5, 0.6) is 23.1 Å². The van der Waals surface area contributed by atoms with Crippen molar-refractivity contribution < 1.29 is 37.0 Å². The maximum Gasteiger partial charge on any atom is 0.416 e. The summed E-state index contributed by atoms with van der Waals surface area (Å²) in [5, 5.41) is 2.81. The molecule has 3 aromatic carbocycles. The number of ketones is 1. The molecule has 0 unspecified atom stereocenters. The molecule has 0 atom stereocenters. The number of alkyl halides is 3. The van der Waals surface area contributed by atoms with Gasteiger partial charge in [0.2, 0.25) is 5.88 Å². The fraction of sp³-hybridized carbons (Fsp3) is 0.138. The Bertz CT molecular complexity index is 1800. The van der Waals surface area contributed by atoms with Gasteiger partial charge < -0.3 is 24.1 Å². The predicted molar refractivity (Wildman–Crippen MR) is 145 cm³/mol. The van der Waals surface area contributed by atoms with Crippen molar-refractivity contribution in [2.24, 2.45) is 0 Å². The number of carbonyl (C=O) groups excluding carboxylic acids is 2. The average molecular weight is 578 g/mol. The lowest BCUT2D eigenvalue weighted by Crippen LogP contribution is -2.23. The van der Waals surface area contributed by atoms with Gasteiger partial charge in [0, 0.05) is 29.2 Å². The summed E-state index contributed by atoms with van der Waals surface area (Å²) >= 11 is 0. The zero-order valence-corrected chi connectivity index (χ0v) is 22.4. The van der Waals surface area contributed by atoms with Crippen LogP contribution in [0, 0.1) is 6.92 Å². The second kappa shape index (κ2) is 11.2. The molecular formula is C29H22F3N5O5. The molecule has 0 aliphatic heterocycles. The highest BCUT2D eigenvalue weighted by Gasteiger charge is 2.32. The maximum absolute atomic E-state index is 13.5. The van der Waals surface area contributed by atoms with Crippen LogP contribution in [0.15, 0.2) is 73.4 Å². The second-order valence-corrected chi connectivity index (χ2v) is 9.00. The summed E-state index contributed by atoms with van der Waals surface area (Å²) in [5.41, 5.74) is 0.0470. The summed E-state index contributed by atoms with van der Waals surface area (Å²) in [6.45, 7) is 1.69. The lowest BCUT2D eigenvalue weighted by atomic mass is 10.1. The Hall–Kier alpha value is -5.46. The van der Waals surface area contributed by atoms with Crippen molar-refractivity contribution in [1.82, 2.24) is 19.5 Å². The van der Waals surface area contributed by atoms with Crippen LogP contribution < -0.4 is 19.5 Å². The van der Waals surface area contributed by atoms with Crippen molar-refractivity contribution in [3.63, 3.8) is 0 Å². The third-order valence-corrected chi connectivity index (χ3v) is 6.15. The molecule has 2 heterocycles. The van der Waals surface area contributed by atoms with E-state index in [0.717, 1.165) is 12.1 Å². The van der Waals surface area contributed by atoms with Crippen molar-refractivity contribution >= 4 is 28.3 Å². The van der Waals surface area contributed by atoms with Crippen LogP contribution in [0.1, 0.15) is 21.6 Å². The number of carbonyl (C=O) groups is 2. The summed E-state index contributed by atoms with van der Waals surface area (Å²) in [6, 6.07) is 12.0. The summed E-state index contributed by atoms with van der Waals surface area (Å²) in [4.78, 5) is 38.0. The number of imidazole rings is 1. The van der Waals surface area contributed by atoms with Gasteiger partial charge in [-0.15, -0.1) is 0 Å². The number of benzene rings is 3. The number of nitrogens with one attached hydrogen (secondary N) is 1. The third-order valence-electron chi connectivity index (χ3n) is 6.15. The second-order valence-electron chi connectivity index (χ2n) is 9.00. The molecule has 5 aromatic rings. The van der Waals surface area contributed by atoms with Crippen LogP contribution in [-0.2, 0) is 11.0 Å². The molecule has 0 spiro atoms. The van der Waals surface area contributed by atoms with E-state index < -0.39 is 23.4 Å². The standard InChI is InChI=1S/C29H22F3N5O5/c1-16-13-37(15-35-16)20-9-18(29(30,31)32)8-19(10-20)36-27(39)26(38)17-4-6-21(7-5-17)42-28-22-11-24(40-2)25(41-3)12-23(22)33-14-34-28/h4-15H,1-3H3,(H,36,39). The highest BCUT2D eigenvalue weighted by molar-refractivity contribution is 6.46. The van der Waals surface area contributed by atoms with E-state index in [1.165, 1.54) is 68.0 Å². The topological polar surface area (TPSA) is 117 Å². The molecule has 5 rings (SSSR count). The van der Waals surface area contributed by atoms with E-state index in [4.69, 9.17) is 14.2 Å².